The topological polar surface area (TPSA) is 178 Å². The number of carbonyl (C=O) groups excluding carboxylic acids is 1. The summed E-state index contributed by atoms with van der Waals surface area (Å²) in [5, 5.41) is 24.5. The number of nitrogens with zero attached hydrogens (tertiary/aromatic N) is 1. The van der Waals surface area contributed by atoms with Crippen LogP contribution in [-0.2, 0) is 23.4 Å². The molecule has 40 heavy (non-hydrogen) atoms. The van der Waals surface area contributed by atoms with E-state index in [9.17, 15) is 29.2 Å². The molecular weight excluding hydrogens is 552 g/mol. The largest absolute Gasteiger partial charge is 0.493 e. The number of alkyl halides is 1. The predicted octanol–water partition coefficient (Wildman–Crippen LogP) is 1.45. The number of H-pyrrole nitrogens is 1. The lowest BCUT2D eigenvalue weighted by Crippen LogP contribution is -2.51. The summed E-state index contributed by atoms with van der Waals surface area (Å²) in [4.78, 5) is 38.1. The predicted molar refractivity (Wildman–Crippen MR) is 141 cm³/mol. The lowest BCUT2D eigenvalue weighted by atomic mass is 9.90. The van der Waals surface area contributed by atoms with E-state index < -0.39 is 67.3 Å². The molecule has 2 aromatic rings. The molecule has 0 amide bonds. The number of carbonyl (C=O) groups is 1. The van der Waals surface area contributed by atoms with Crippen molar-refractivity contribution in [2.24, 2.45) is 0 Å². The molecular formula is C25H35FN3O10P. The summed E-state index contributed by atoms with van der Waals surface area (Å²) < 4.78 is 52.1. The van der Waals surface area contributed by atoms with Gasteiger partial charge >= 0.3 is 11.7 Å². The molecule has 0 bridgehead atoms. The maximum atomic E-state index is 16.1. The van der Waals surface area contributed by atoms with Gasteiger partial charge < -0.3 is 28.9 Å². The van der Waals surface area contributed by atoms with Gasteiger partial charge in [-0.25, -0.2) is 14.3 Å². The SMILES string of the molecule is CC[C@]1(O)[C@H](n2ccc(=O)[nH]c2=O)O[C@](F)(COP(=O)(CCOc2ccccc2)N[C@@H](C)C(=O)OC(C)C)[C@H]1O. The van der Waals surface area contributed by atoms with Crippen LogP contribution in [0.2, 0.25) is 0 Å². The zero-order valence-corrected chi connectivity index (χ0v) is 23.5. The summed E-state index contributed by atoms with van der Waals surface area (Å²) in [6.45, 7) is 4.78. The van der Waals surface area contributed by atoms with Gasteiger partial charge in [-0.1, -0.05) is 25.1 Å². The van der Waals surface area contributed by atoms with Crippen LogP contribution in [0.4, 0.5) is 4.39 Å². The van der Waals surface area contributed by atoms with Crippen molar-refractivity contribution < 1.29 is 42.7 Å². The zero-order valence-electron chi connectivity index (χ0n) is 22.6. The molecule has 222 valence electrons. The first-order valence-electron chi connectivity index (χ1n) is 12.7. The maximum absolute atomic E-state index is 16.1. The van der Waals surface area contributed by atoms with Gasteiger partial charge in [0.1, 0.15) is 30.1 Å². The summed E-state index contributed by atoms with van der Waals surface area (Å²) in [6.07, 6.45) is -4.08. The van der Waals surface area contributed by atoms with Crippen LogP contribution in [0.5, 0.6) is 5.75 Å². The van der Waals surface area contributed by atoms with Gasteiger partial charge in [0.15, 0.2) is 6.23 Å². The first-order valence-corrected chi connectivity index (χ1v) is 14.5. The molecule has 1 aliphatic rings. The average molecular weight is 588 g/mol. The number of halogens is 1. The normalized spacial score (nSPS) is 26.8. The summed E-state index contributed by atoms with van der Waals surface area (Å²) in [7, 11) is -4.09. The fourth-order valence-electron chi connectivity index (χ4n) is 4.09. The van der Waals surface area contributed by atoms with E-state index in [-0.39, 0.29) is 19.2 Å². The molecule has 1 aromatic carbocycles. The van der Waals surface area contributed by atoms with Crippen molar-refractivity contribution >= 4 is 13.5 Å². The van der Waals surface area contributed by atoms with Crippen LogP contribution in [0.3, 0.4) is 0 Å². The summed E-state index contributed by atoms with van der Waals surface area (Å²) in [5.74, 6) is -3.41. The van der Waals surface area contributed by atoms with Crippen LogP contribution in [0, 0.1) is 0 Å². The van der Waals surface area contributed by atoms with Gasteiger partial charge in [0.25, 0.3) is 18.9 Å². The Balaban J connectivity index is 1.82. The fourth-order valence-corrected chi connectivity index (χ4v) is 5.84. The Morgan fingerprint density at radius 1 is 1.25 bits per heavy atom. The monoisotopic (exact) mass is 587 g/mol. The first-order chi connectivity index (χ1) is 18.7. The van der Waals surface area contributed by atoms with Crippen LogP contribution < -0.4 is 21.1 Å². The Labute approximate surface area is 229 Å². The number of aliphatic hydroxyl groups is 2. The number of aliphatic hydroxyl groups excluding tert-OH is 1. The second-order valence-corrected chi connectivity index (χ2v) is 12.0. The number of aromatic nitrogens is 2. The van der Waals surface area contributed by atoms with Crippen LogP contribution >= 0.6 is 7.52 Å². The summed E-state index contributed by atoms with van der Waals surface area (Å²) in [5.41, 5.74) is -4.07. The molecule has 1 saturated heterocycles. The number of aromatic amines is 1. The van der Waals surface area contributed by atoms with Crippen LogP contribution in [0.25, 0.3) is 0 Å². The van der Waals surface area contributed by atoms with E-state index in [4.69, 9.17) is 18.7 Å². The Morgan fingerprint density at radius 3 is 2.52 bits per heavy atom. The number of hydrogen-bond donors (Lipinski definition) is 4. The number of ether oxygens (including phenoxy) is 3. The quantitative estimate of drug-likeness (QED) is 0.197. The molecule has 0 radical (unpaired) electrons. The van der Waals surface area contributed by atoms with Gasteiger partial charge in [-0.2, -0.15) is 0 Å². The van der Waals surface area contributed by atoms with Crippen LogP contribution in [0.1, 0.15) is 40.3 Å². The average Bonchev–Trinajstić information content (AvgIpc) is 3.09. The van der Waals surface area contributed by atoms with Gasteiger partial charge in [-0.05, 0) is 39.3 Å². The van der Waals surface area contributed by atoms with E-state index in [1.165, 1.54) is 13.8 Å². The molecule has 15 heteroatoms. The maximum Gasteiger partial charge on any atom is 0.330 e. The molecule has 1 fully saturated rings. The molecule has 0 aliphatic carbocycles. The molecule has 0 saturated carbocycles. The van der Waals surface area contributed by atoms with Gasteiger partial charge in [0.05, 0.1) is 18.9 Å². The number of esters is 1. The fraction of sp³-hybridized carbons (Fsp3) is 0.560. The molecule has 6 atom stereocenters. The zero-order chi connectivity index (χ0) is 29.7. The molecule has 13 nitrogen and oxygen atoms in total. The van der Waals surface area contributed by atoms with Crippen LogP contribution in [-0.4, -0.2) is 74.8 Å². The van der Waals surface area contributed by atoms with E-state index in [1.54, 1.807) is 44.2 Å². The minimum atomic E-state index is -4.09. The first kappa shape index (κ1) is 31.7. The van der Waals surface area contributed by atoms with E-state index in [1.807, 2.05) is 4.98 Å². The van der Waals surface area contributed by atoms with Gasteiger partial charge in [0.2, 0.25) is 0 Å². The van der Waals surface area contributed by atoms with Crippen molar-refractivity contribution in [1.82, 2.24) is 14.6 Å². The molecule has 1 aliphatic heterocycles. The molecule has 1 aromatic heterocycles. The van der Waals surface area contributed by atoms with E-state index >= 15 is 4.39 Å². The highest BCUT2D eigenvalue weighted by Crippen LogP contribution is 2.50. The highest BCUT2D eigenvalue weighted by molar-refractivity contribution is 7.56. The van der Waals surface area contributed by atoms with Crippen molar-refractivity contribution in [3.63, 3.8) is 0 Å². The van der Waals surface area contributed by atoms with Gasteiger partial charge in [-0.3, -0.25) is 23.7 Å². The Morgan fingerprint density at radius 2 is 1.93 bits per heavy atom. The number of nitrogens with one attached hydrogen (secondary N) is 2. The molecule has 3 rings (SSSR count). The molecule has 0 spiro atoms. The van der Waals surface area contributed by atoms with Crippen molar-refractivity contribution in [1.29, 1.82) is 0 Å². The minimum absolute atomic E-state index is 0.156. The minimum Gasteiger partial charge on any atom is -0.493 e. The van der Waals surface area contributed by atoms with Crippen molar-refractivity contribution in [2.45, 2.75) is 70.0 Å². The van der Waals surface area contributed by atoms with E-state index in [0.29, 0.717) is 5.75 Å². The van der Waals surface area contributed by atoms with Crippen LogP contribution in [0.15, 0.2) is 52.2 Å². The number of para-hydroxylation sites is 1. The Hall–Kier alpha value is -2.87. The highest BCUT2D eigenvalue weighted by atomic mass is 31.2. The third kappa shape index (κ3) is 7.25. The Bertz CT molecular complexity index is 1320. The number of rotatable bonds is 13. The Kier molecular flexibility index (Phi) is 10.1. The van der Waals surface area contributed by atoms with Gasteiger partial charge in [0, 0.05) is 12.3 Å². The second kappa shape index (κ2) is 12.8. The second-order valence-electron chi connectivity index (χ2n) is 9.69. The smallest absolute Gasteiger partial charge is 0.330 e. The number of hydrogen-bond acceptors (Lipinski definition) is 10. The van der Waals surface area contributed by atoms with Gasteiger partial charge in [-0.15, -0.1) is 0 Å². The van der Waals surface area contributed by atoms with Crippen molar-refractivity contribution in [3.05, 3.63) is 63.4 Å². The third-order valence-corrected chi connectivity index (χ3v) is 8.35. The number of benzene rings is 1. The standard InChI is InChI=1S/C25H35FN3O10P/c1-5-24(34)21(32)25(26,39-22(24)29-12-11-19(30)27-23(29)33)15-37-40(35,28-17(4)20(31)38-16(2)3)14-13-36-18-9-7-6-8-10-18/h6-12,16-17,21-22,32,34H,5,13-15H2,1-4H3,(H,28,35)(H,27,30,33)/t17-,21-,22+,24+,25+,40?/m0/s1. The summed E-state index contributed by atoms with van der Waals surface area (Å²) in [6, 6.07) is 8.43. The summed E-state index contributed by atoms with van der Waals surface area (Å²) >= 11 is 0. The van der Waals surface area contributed by atoms with E-state index in [0.717, 1.165) is 16.8 Å². The van der Waals surface area contributed by atoms with E-state index in [2.05, 4.69) is 5.09 Å². The molecule has 2 heterocycles. The third-order valence-electron chi connectivity index (χ3n) is 6.25. The molecule has 1 unspecified atom stereocenters. The molecule has 4 N–H and O–H groups in total. The highest BCUT2D eigenvalue weighted by Gasteiger charge is 2.65. The van der Waals surface area contributed by atoms with Crippen molar-refractivity contribution in [2.75, 3.05) is 19.4 Å². The lowest BCUT2D eigenvalue weighted by Gasteiger charge is -2.31. The van der Waals surface area contributed by atoms with Crippen molar-refractivity contribution in [3.8, 4) is 5.75 Å². The lowest BCUT2D eigenvalue weighted by molar-refractivity contribution is -0.203.